The van der Waals surface area contributed by atoms with Crippen LogP contribution in [0.15, 0.2) is 0 Å². The van der Waals surface area contributed by atoms with E-state index in [1.807, 2.05) is 0 Å². The molecule has 2 N–H and O–H groups in total. The van der Waals surface area contributed by atoms with Crippen molar-refractivity contribution in [2.45, 2.75) is 0 Å². The molecule has 0 saturated carbocycles. The summed E-state index contributed by atoms with van der Waals surface area (Å²) in [6.45, 7) is -1.00. The second kappa shape index (κ2) is 63.1. The maximum Gasteiger partial charge on any atom is 1.00 e. The van der Waals surface area contributed by atoms with Gasteiger partial charge in [-0.15, -0.1) is 0 Å². The largest absolute Gasteiger partial charge is 1.00 e. The predicted octanol–water partition coefficient (Wildman–Crippen LogP) is -5.23. The summed E-state index contributed by atoms with van der Waals surface area (Å²) in [6.07, 6.45) is 0. The van der Waals surface area contributed by atoms with Crippen LogP contribution in [-0.2, 0) is 14.4 Å². The third-order valence-corrected chi connectivity index (χ3v) is 0. The van der Waals surface area contributed by atoms with Gasteiger partial charge in [0.2, 0.25) is 0 Å². The normalized spacial score (nSPS) is 3.60. The Morgan fingerprint density at radius 3 is 1.00 bits per heavy atom. The van der Waals surface area contributed by atoms with Crippen molar-refractivity contribution in [2.75, 3.05) is 0 Å². The number of carboxylic acid groups (broad SMARTS) is 3. The number of carbonyl (C=O) groups excluding carboxylic acids is 1. The van der Waals surface area contributed by atoms with Gasteiger partial charge in [0.05, 0.1) is 0 Å². The fourth-order valence-electron chi connectivity index (χ4n) is 0. The van der Waals surface area contributed by atoms with Crippen LogP contribution in [-0.4, -0.2) is 29.6 Å². The standard InChI is InChI=1S/3CH2O2.K/c3*2-1-3;/h3*1H,(H,2,3);/q;;;+1/p-1. The van der Waals surface area contributed by atoms with E-state index in [2.05, 4.69) is 0 Å². The van der Waals surface area contributed by atoms with Crippen LogP contribution in [0.25, 0.3) is 0 Å². The van der Waals surface area contributed by atoms with E-state index in [1.165, 1.54) is 0 Å². The molecule has 0 heterocycles. The zero-order chi connectivity index (χ0) is 8.12. The van der Waals surface area contributed by atoms with Crippen LogP contribution in [0.4, 0.5) is 0 Å². The Balaban J connectivity index is -0.0000000257. The van der Waals surface area contributed by atoms with E-state index in [4.69, 9.17) is 29.7 Å². The van der Waals surface area contributed by atoms with Crippen LogP contribution in [0.5, 0.6) is 0 Å². The van der Waals surface area contributed by atoms with Gasteiger partial charge in [-0.05, 0) is 0 Å². The van der Waals surface area contributed by atoms with Crippen molar-refractivity contribution in [3.63, 3.8) is 0 Å². The topological polar surface area (TPSA) is 115 Å². The molecule has 0 rings (SSSR count). The maximum absolute atomic E-state index is 8.36. The Bertz CT molecular complexity index is 49.7. The van der Waals surface area contributed by atoms with Gasteiger partial charge >= 0.3 is 51.4 Å². The first-order valence-corrected chi connectivity index (χ1v) is 1.46. The molecule has 7 heteroatoms. The predicted molar refractivity (Wildman–Crippen MR) is 23.4 cm³/mol. The van der Waals surface area contributed by atoms with Gasteiger partial charge in [0.15, 0.2) is 0 Å². The average molecular weight is 176 g/mol. The molecule has 0 aromatic heterocycles. The van der Waals surface area contributed by atoms with Crippen molar-refractivity contribution in [3.05, 3.63) is 0 Å². The minimum atomic E-state index is -0.500. The number of hydrogen-bond acceptors (Lipinski definition) is 4. The molecule has 0 atom stereocenters. The van der Waals surface area contributed by atoms with Gasteiger partial charge in [-0.2, -0.15) is 0 Å². The van der Waals surface area contributed by atoms with Crippen molar-refractivity contribution in [1.29, 1.82) is 0 Å². The van der Waals surface area contributed by atoms with Crippen LogP contribution in [0, 0.1) is 0 Å². The van der Waals surface area contributed by atoms with Gasteiger partial charge in [0.1, 0.15) is 0 Å². The molecule has 0 aliphatic carbocycles. The van der Waals surface area contributed by atoms with Crippen LogP contribution >= 0.6 is 0 Å². The SMILES string of the molecule is O=CO.O=CO.O=C[O-].[K+]. The van der Waals surface area contributed by atoms with Gasteiger partial charge in [-0.1, -0.05) is 0 Å². The molecule has 0 spiro atoms. The van der Waals surface area contributed by atoms with Crippen molar-refractivity contribution in [2.24, 2.45) is 0 Å². The summed E-state index contributed by atoms with van der Waals surface area (Å²) >= 11 is 0. The zero-order valence-electron chi connectivity index (χ0n) is 5.26. The maximum atomic E-state index is 8.36. The van der Waals surface area contributed by atoms with Crippen molar-refractivity contribution < 1.29 is 81.1 Å². The first-order valence-electron chi connectivity index (χ1n) is 1.46. The Hall–Kier alpha value is 0.0464. The first kappa shape index (κ1) is 22.5. The van der Waals surface area contributed by atoms with E-state index in [9.17, 15) is 0 Å². The van der Waals surface area contributed by atoms with E-state index in [1.54, 1.807) is 0 Å². The number of hydrogen-bond donors (Lipinski definition) is 2. The van der Waals surface area contributed by atoms with E-state index >= 15 is 0 Å². The van der Waals surface area contributed by atoms with Crippen molar-refractivity contribution >= 4 is 19.4 Å². The quantitative estimate of drug-likeness (QED) is 0.281. The zero-order valence-corrected chi connectivity index (χ0v) is 8.38. The minimum Gasteiger partial charge on any atom is -0.554 e. The fraction of sp³-hybridized carbons (Fsp3) is 0. The molecular formula is C3H5KO6. The van der Waals surface area contributed by atoms with Crippen molar-refractivity contribution in [1.82, 2.24) is 0 Å². The van der Waals surface area contributed by atoms with Gasteiger partial charge in [-0.3, -0.25) is 9.59 Å². The fourth-order valence-corrected chi connectivity index (χ4v) is 0. The molecule has 0 aliphatic heterocycles. The average Bonchev–Trinajstić information content (AvgIpc) is 1.70. The minimum absolute atomic E-state index is 0. The molecule has 0 aliphatic rings. The second-order valence-electron chi connectivity index (χ2n) is 0.307. The molecule has 6 nitrogen and oxygen atoms in total. The van der Waals surface area contributed by atoms with E-state index in [0.717, 1.165) is 0 Å². The molecule has 0 fully saturated rings. The molecule has 54 valence electrons. The summed E-state index contributed by atoms with van der Waals surface area (Å²) < 4.78 is 0. The number of rotatable bonds is 0. The molecule has 10 heavy (non-hydrogen) atoms. The summed E-state index contributed by atoms with van der Waals surface area (Å²) in [6, 6.07) is 0. The third-order valence-electron chi connectivity index (χ3n) is 0. The monoisotopic (exact) mass is 176 g/mol. The summed E-state index contributed by atoms with van der Waals surface area (Å²) in [5.74, 6) is 0. The Morgan fingerprint density at radius 2 is 1.00 bits per heavy atom. The summed E-state index contributed by atoms with van der Waals surface area (Å²) in [7, 11) is 0. The Kier molecular flexibility index (Phi) is 142. The smallest absolute Gasteiger partial charge is 0.554 e. The Morgan fingerprint density at radius 1 is 1.00 bits per heavy atom. The third kappa shape index (κ3) is 186000. The van der Waals surface area contributed by atoms with Crippen molar-refractivity contribution in [3.8, 4) is 0 Å². The van der Waals surface area contributed by atoms with Gasteiger partial charge in [0.25, 0.3) is 12.9 Å². The summed E-state index contributed by atoms with van der Waals surface area (Å²) in [5.41, 5.74) is 0. The molecule has 0 aromatic rings. The van der Waals surface area contributed by atoms with Crippen LogP contribution in [0.3, 0.4) is 0 Å². The van der Waals surface area contributed by atoms with Crippen LogP contribution < -0.4 is 56.5 Å². The molecular weight excluding hydrogens is 171 g/mol. The summed E-state index contributed by atoms with van der Waals surface area (Å²) in [4.78, 5) is 25.0. The van der Waals surface area contributed by atoms with E-state index in [0.29, 0.717) is 0 Å². The Labute approximate surface area is 99.3 Å². The molecule has 0 bridgehead atoms. The van der Waals surface area contributed by atoms with Gasteiger partial charge in [0, 0.05) is 6.47 Å². The van der Waals surface area contributed by atoms with Gasteiger partial charge < -0.3 is 20.1 Å². The molecule has 0 radical (unpaired) electrons. The first-order chi connectivity index (χ1) is 4.24. The van der Waals surface area contributed by atoms with Gasteiger partial charge in [-0.25, -0.2) is 0 Å². The molecule has 0 aromatic carbocycles. The summed E-state index contributed by atoms with van der Waals surface area (Å²) in [5, 5.41) is 22.0. The van der Waals surface area contributed by atoms with Crippen LogP contribution in [0.2, 0.25) is 0 Å². The second-order valence-corrected chi connectivity index (χ2v) is 0.307. The van der Waals surface area contributed by atoms with E-state index in [-0.39, 0.29) is 64.3 Å². The van der Waals surface area contributed by atoms with Crippen LogP contribution in [0.1, 0.15) is 0 Å². The molecule has 0 amide bonds. The molecule has 0 unspecified atom stereocenters. The van der Waals surface area contributed by atoms with E-state index < -0.39 is 6.47 Å². The number of carbonyl (C=O) groups is 3. The molecule has 0 saturated heterocycles.